The fraction of sp³-hybridized carbons (Fsp3) is 1.00. The molecule has 0 atom stereocenters. The predicted octanol–water partition coefficient (Wildman–Crippen LogP) is 2.98. The molecular weight excluding hydrogens is 195 g/mol. The Kier molecular flexibility index (Phi) is 12.0. The van der Waals surface area contributed by atoms with Crippen LogP contribution in [0.1, 0.15) is 0 Å². The Morgan fingerprint density at radius 2 is 0.900 bits per heavy atom. The summed E-state index contributed by atoms with van der Waals surface area (Å²) in [5.74, 6) is -1.11. The third-order valence-electron chi connectivity index (χ3n) is 0.233. The van der Waals surface area contributed by atoms with Crippen LogP contribution < -0.4 is 0 Å². The number of hydrogen-bond acceptors (Lipinski definition) is 0. The van der Waals surface area contributed by atoms with Gasteiger partial charge < -0.3 is 0 Å². The number of alkyl halides is 6. The zero-order chi connectivity index (χ0) is 8.57. The van der Waals surface area contributed by atoms with Crippen LogP contribution in [0.5, 0.6) is 0 Å². The fourth-order valence-corrected chi connectivity index (χ4v) is 0. The van der Waals surface area contributed by atoms with E-state index in [1.54, 1.807) is 0 Å². The Balaban J connectivity index is 0. The van der Waals surface area contributed by atoms with Crippen LogP contribution in [0.3, 0.4) is 0 Å². The van der Waals surface area contributed by atoms with Crippen molar-refractivity contribution in [3.63, 3.8) is 0 Å². The minimum Gasteiger partial charge on any atom is -0.209 e. The van der Waals surface area contributed by atoms with Crippen LogP contribution in [0.2, 0.25) is 0 Å². The van der Waals surface area contributed by atoms with Gasteiger partial charge in [-0.2, -0.15) is 0 Å². The Morgan fingerprint density at radius 3 is 0.900 bits per heavy atom. The molecule has 0 amide bonds. The Hall–Kier alpha value is 0.300. The molecule has 0 unspecified atom stereocenters. The lowest BCUT2D eigenvalue weighted by Crippen LogP contribution is -1.87. The van der Waals surface area contributed by atoms with Gasteiger partial charge in [0.1, 0.15) is 0 Å². The van der Waals surface area contributed by atoms with E-state index < -0.39 is 24.6 Å². The lowest BCUT2D eigenvalue weighted by atomic mass is 10.9. The summed E-state index contributed by atoms with van der Waals surface area (Å²) in [4.78, 5) is 0. The fourth-order valence-electron chi connectivity index (χ4n) is 0. The van der Waals surface area contributed by atoms with E-state index in [9.17, 15) is 17.6 Å². The van der Waals surface area contributed by atoms with E-state index in [0.29, 0.717) is 0 Å². The molecule has 6 heteroatoms. The van der Waals surface area contributed by atoms with Crippen LogP contribution in [0.25, 0.3) is 0 Å². The Bertz CT molecular complexity index is 51.2. The second-order valence-corrected chi connectivity index (χ2v) is 1.71. The molecule has 10 heavy (non-hydrogen) atoms. The zero-order valence-electron chi connectivity index (χ0n) is 4.84. The summed E-state index contributed by atoms with van der Waals surface area (Å²) >= 11 is 9.17. The molecule has 0 bridgehead atoms. The van der Waals surface area contributed by atoms with Gasteiger partial charge in [-0.25, -0.2) is 17.6 Å². The highest BCUT2D eigenvalue weighted by Gasteiger charge is 1.93. The van der Waals surface area contributed by atoms with Gasteiger partial charge in [0, 0.05) is 0 Å². The highest BCUT2D eigenvalue weighted by Crippen LogP contribution is 1.92. The SMILES string of the molecule is FC(F)CCl.FC(F)CCl. The molecule has 0 saturated heterocycles. The van der Waals surface area contributed by atoms with E-state index in [4.69, 9.17) is 0 Å². The molecule has 0 aliphatic rings. The Labute approximate surface area is 66.1 Å². The summed E-state index contributed by atoms with van der Waals surface area (Å²) in [5, 5.41) is 0. The molecule has 0 aromatic rings. The molecular formula is C4H6Cl2F4. The molecule has 0 aliphatic carbocycles. The lowest BCUT2D eigenvalue weighted by Gasteiger charge is -1.79. The van der Waals surface area contributed by atoms with E-state index in [1.807, 2.05) is 0 Å². The molecule has 0 N–H and O–H groups in total. The minimum absolute atomic E-state index is 0.556. The molecule has 0 heterocycles. The molecule has 0 aliphatic heterocycles. The van der Waals surface area contributed by atoms with Gasteiger partial charge in [0.2, 0.25) is 0 Å². The van der Waals surface area contributed by atoms with E-state index in [1.165, 1.54) is 0 Å². The van der Waals surface area contributed by atoms with Crippen LogP contribution in [0.4, 0.5) is 17.6 Å². The van der Waals surface area contributed by atoms with E-state index in [2.05, 4.69) is 23.2 Å². The summed E-state index contributed by atoms with van der Waals surface area (Å²) < 4.78 is 42.5. The van der Waals surface area contributed by atoms with E-state index in [0.717, 1.165) is 0 Å². The lowest BCUT2D eigenvalue weighted by molar-refractivity contribution is 0.174. The van der Waals surface area contributed by atoms with Crippen molar-refractivity contribution >= 4 is 23.2 Å². The topological polar surface area (TPSA) is 0 Å². The first kappa shape index (κ1) is 12.9. The summed E-state index contributed by atoms with van der Waals surface area (Å²) in [6.45, 7) is 0. The molecule has 0 fully saturated rings. The van der Waals surface area contributed by atoms with Crippen LogP contribution in [0.15, 0.2) is 0 Å². The van der Waals surface area contributed by atoms with Crippen LogP contribution in [0, 0.1) is 0 Å². The molecule has 0 saturated carbocycles. The smallest absolute Gasteiger partial charge is 0.209 e. The molecule has 0 aromatic heterocycles. The first-order valence-corrected chi connectivity index (χ1v) is 3.29. The van der Waals surface area contributed by atoms with Gasteiger partial charge in [-0.15, -0.1) is 23.2 Å². The van der Waals surface area contributed by atoms with Crippen LogP contribution in [-0.4, -0.2) is 24.6 Å². The normalized spacial score (nSPS) is 9.60. The van der Waals surface area contributed by atoms with Gasteiger partial charge >= 0.3 is 0 Å². The van der Waals surface area contributed by atoms with Crippen molar-refractivity contribution in [2.45, 2.75) is 12.9 Å². The second kappa shape index (κ2) is 9.30. The second-order valence-electron chi connectivity index (χ2n) is 1.09. The molecule has 0 spiro atoms. The van der Waals surface area contributed by atoms with Gasteiger partial charge in [0.25, 0.3) is 12.9 Å². The van der Waals surface area contributed by atoms with Crippen LogP contribution >= 0.6 is 23.2 Å². The van der Waals surface area contributed by atoms with E-state index >= 15 is 0 Å². The molecule has 0 nitrogen and oxygen atoms in total. The van der Waals surface area contributed by atoms with Gasteiger partial charge in [-0.3, -0.25) is 0 Å². The predicted molar refractivity (Wildman–Crippen MR) is 33.4 cm³/mol. The largest absolute Gasteiger partial charge is 0.251 e. The van der Waals surface area contributed by atoms with Crippen LogP contribution in [-0.2, 0) is 0 Å². The average molecular weight is 201 g/mol. The minimum atomic E-state index is -2.35. The maximum atomic E-state index is 10.6. The maximum absolute atomic E-state index is 10.6. The third kappa shape index (κ3) is 23.9. The van der Waals surface area contributed by atoms with E-state index in [-0.39, 0.29) is 0 Å². The summed E-state index contributed by atoms with van der Waals surface area (Å²) in [7, 11) is 0. The third-order valence-corrected chi connectivity index (χ3v) is 0.700. The number of halogens is 6. The monoisotopic (exact) mass is 200 g/mol. The summed E-state index contributed by atoms with van der Waals surface area (Å²) in [6, 6.07) is 0. The first-order valence-electron chi connectivity index (χ1n) is 2.22. The van der Waals surface area contributed by atoms with Crippen molar-refractivity contribution in [1.29, 1.82) is 0 Å². The quantitative estimate of drug-likeness (QED) is 0.475. The van der Waals surface area contributed by atoms with Crippen molar-refractivity contribution in [3.8, 4) is 0 Å². The van der Waals surface area contributed by atoms with Gasteiger partial charge in [-0.05, 0) is 0 Å². The molecule has 0 rings (SSSR count). The molecule has 64 valence electrons. The van der Waals surface area contributed by atoms with Gasteiger partial charge in [-0.1, -0.05) is 0 Å². The first-order chi connectivity index (χ1) is 4.54. The standard InChI is InChI=1S/2C2H3ClF2/c2*3-1-2(4)5/h2*2H,1H2. The zero-order valence-corrected chi connectivity index (χ0v) is 6.35. The van der Waals surface area contributed by atoms with Crippen molar-refractivity contribution in [2.24, 2.45) is 0 Å². The van der Waals surface area contributed by atoms with Crippen molar-refractivity contribution in [3.05, 3.63) is 0 Å². The highest BCUT2D eigenvalue weighted by atomic mass is 35.5. The number of hydrogen-bond donors (Lipinski definition) is 0. The molecule has 0 aromatic carbocycles. The van der Waals surface area contributed by atoms with Gasteiger partial charge in [0.15, 0.2) is 0 Å². The number of rotatable bonds is 2. The Morgan fingerprint density at radius 1 is 0.800 bits per heavy atom. The van der Waals surface area contributed by atoms with Gasteiger partial charge in [0.05, 0.1) is 11.8 Å². The highest BCUT2D eigenvalue weighted by molar-refractivity contribution is 6.18. The van der Waals surface area contributed by atoms with Crippen molar-refractivity contribution < 1.29 is 17.6 Å². The van der Waals surface area contributed by atoms with Crippen molar-refractivity contribution in [2.75, 3.05) is 11.8 Å². The maximum Gasteiger partial charge on any atom is 0.251 e. The molecule has 0 radical (unpaired) electrons. The van der Waals surface area contributed by atoms with Crippen molar-refractivity contribution in [1.82, 2.24) is 0 Å². The average Bonchev–Trinajstić information content (AvgIpc) is 1.89. The summed E-state index contributed by atoms with van der Waals surface area (Å²) in [6.07, 6.45) is -4.70. The summed E-state index contributed by atoms with van der Waals surface area (Å²) in [5.41, 5.74) is 0.